The van der Waals surface area contributed by atoms with Crippen molar-refractivity contribution in [1.82, 2.24) is 4.98 Å². The first-order chi connectivity index (χ1) is 24.5. The highest BCUT2D eigenvalue weighted by Crippen LogP contribution is 2.43. The number of aromatic nitrogens is 1. The van der Waals surface area contributed by atoms with Crippen LogP contribution in [0.5, 0.6) is 0 Å². The number of fused-ring (bicyclic) bond motifs is 5. The molecule has 8 aromatic rings. The van der Waals surface area contributed by atoms with Crippen LogP contribution in [0.4, 0.5) is 11.4 Å². The number of pyridine rings is 1. The van der Waals surface area contributed by atoms with E-state index >= 15 is 0 Å². The van der Waals surface area contributed by atoms with E-state index in [9.17, 15) is 0 Å². The van der Waals surface area contributed by atoms with Crippen LogP contribution in [0.15, 0.2) is 176 Å². The minimum Gasteiger partial charge on any atom is -0.355 e. The van der Waals surface area contributed by atoms with Gasteiger partial charge in [-0.05, 0) is 104 Å². The molecule has 1 aliphatic heterocycles. The van der Waals surface area contributed by atoms with Gasteiger partial charge in [0.15, 0.2) is 0 Å². The molecule has 0 aliphatic carbocycles. The Morgan fingerprint density at radius 3 is 1.88 bits per heavy atom. The highest BCUT2D eigenvalue weighted by atomic mass is 14.9. The fraction of sp³-hybridized carbons (Fsp3) is 0.0625. The van der Waals surface area contributed by atoms with Crippen molar-refractivity contribution in [3.05, 3.63) is 187 Å². The molecule has 50 heavy (non-hydrogen) atoms. The van der Waals surface area contributed by atoms with Crippen molar-refractivity contribution in [2.45, 2.75) is 19.3 Å². The summed E-state index contributed by atoms with van der Waals surface area (Å²) in [6.07, 6.45) is 0. The van der Waals surface area contributed by atoms with Gasteiger partial charge in [-0.1, -0.05) is 135 Å². The van der Waals surface area contributed by atoms with E-state index in [2.05, 4.69) is 189 Å². The molecule has 0 saturated carbocycles. The molecular formula is C48H36N2. The van der Waals surface area contributed by atoms with E-state index in [1.165, 1.54) is 44.2 Å². The number of nitrogens with zero attached hydrogens (tertiary/aromatic N) is 1. The molecule has 1 N–H and O–H groups in total. The number of hydrogen-bond acceptors (Lipinski definition) is 2. The fourth-order valence-corrected chi connectivity index (χ4v) is 7.36. The Labute approximate surface area is 293 Å². The third-order valence-electron chi connectivity index (χ3n) is 10.3. The largest absolute Gasteiger partial charge is 0.355 e. The maximum Gasteiger partial charge on any atom is 0.0715 e. The SMILES string of the molecule is CC1(C)c2cccc(c2)Nc2ccccc2-c2cc(-c3cccc(-c4cc(-c5ccccc5)cc(-c5ccccc5)n4)c3)cc3ccc1cc23. The molecule has 4 bridgehead atoms. The van der Waals surface area contributed by atoms with Crippen molar-refractivity contribution in [3.8, 4) is 55.9 Å². The lowest BCUT2D eigenvalue weighted by Gasteiger charge is -2.27. The summed E-state index contributed by atoms with van der Waals surface area (Å²) in [5.41, 5.74) is 15.8. The topological polar surface area (TPSA) is 24.9 Å². The highest BCUT2D eigenvalue weighted by molar-refractivity contribution is 6.03. The average molecular weight is 641 g/mol. The lowest BCUT2D eigenvalue weighted by Crippen LogP contribution is -2.18. The molecule has 9 rings (SSSR count). The zero-order valence-corrected chi connectivity index (χ0v) is 28.2. The second kappa shape index (κ2) is 12.0. The van der Waals surface area contributed by atoms with E-state index in [4.69, 9.17) is 4.98 Å². The number of hydrogen-bond donors (Lipinski definition) is 1. The standard InChI is InChI=1S/C48H36N2/c1-48(2)39-19-12-20-41(30-39)49-45-22-10-9-21-42(45)44-27-37(26-35-23-24-40(48)31-43(35)44)34-17-11-18-36(25-34)47-29-38(32-13-5-3-6-14-32)28-46(50-47)33-15-7-4-8-16-33/h3-31,49H,1-2H3. The third-order valence-corrected chi connectivity index (χ3v) is 10.3. The maximum absolute atomic E-state index is 5.22. The molecule has 0 radical (unpaired) electrons. The zero-order valence-electron chi connectivity index (χ0n) is 28.2. The zero-order chi connectivity index (χ0) is 33.7. The molecule has 1 aliphatic rings. The van der Waals surface area contributed by atoms with Crippen LogP contribution in [0.1, 0.15) is 25.0 Å². The molecule has 0 atom stereocenters. The van der Waals surface area contributed by atoms with Crippen molar-refractivity contribution in [1.29, 1.82) is 0 Å². The minimum atomic E-state index is -0.160. The van der Waals surface area contributed by atoms with E-state index < -0.39 is 0 Å². The summed E-state index contributed by atoms with van der Waals surface area (Å²) in [6, 6.07) is 63.5. The van der Waals surface area contributed by atoms with Gasteiger partial charge in [-0.3, -0.25) is 0 Å². The van der Waals surface area contributed by atoms with E-state index in [1.807, 2.05) is 6.07 Å². The molecule has 238 valence electrons. The van der Waals surface area contributed by atoms with Gasteiger partial charge in [0.1, 0.15) is 0 Å². The van der Waals surface area contributed by atoms with Gasteiger partial charge in [-0.25, -0.2) is 4.98 Å². The fourth-order valence-electron chi connectivity index (χ4n) is 7.36. The van der Waals surface area contributed by atoms with Crippen molar-refractivity contribution in [3.63, 3.8) is 0 Å². The van der Waals surface area contributed by atoms with Crippen LogP contribution in [0.2, 0.25) is 0 Å². The van der Waals surface area contributed by atoms with Gasteiger partial charge in [-0.2, -0.15) is 0 Å². The lowest BCUT2D eigenvalue weighted by molar-refractivity contribution is 0.642. The Hall–Kier alpha value is -6.25. The van der Waals surface area contributed by atoms with E-state index in [-0.39, 0.29) is 5.41 Å². The van der Waals surface area contributed by atoms with Crippen LogP contribution in [0.3, 0.4) is 0 Å². The van der Waals surface area contributed by atoms with Crippen LogP contribution in [-0.2, 0) is 5.41 Å². The summed E-state index contributed by atoms with van der Waals surface area (Å²) >= 11 is 0. The van der Waals surface area contributed by atoms with E-state index in [0.29, 0.717) is 0 Å². The second-order valence-corrected chi connectivity index (χ2v) is 13.8. The van der Waals surface area contributed by atoms with Gasteiger partial charge in [-0.15, -0.1) is 0 Å². The van der Waals surface area contributed by atoms with Crippen molar-refractivity contribution in [2.75, 3.05) is 5.32 Å². The Morgan fingerprint density at radius 2 is 1.06 bits per heavy atom. The number of anilines is 2. The average Bonchev–Trinajstić information content (AvgIpc) is 3.18. The third kappa shape index (κ3) is 5.36. The van der Waals surface area contributed by atoms with Crippen LogP contribution in [-0.4, -0.2) is 4.98 Å². The van der Waals surface area contributed by atoms with Gasteiger partial charge in [0.25, 0.3) is 0 Å². The number of benzene rings is 7. The van der Waals surface area contributed by atoms with Gasteiger partial charge in [0, 0.05) is 33.5 Å². The first-order valence-corrected chi connectivity index (χ1v) is 17.3. The number of nitrogens with one attached hydrogen (secondary N) is 1. The molecule has 1 aromatic heterocycles. The lowest BCUT2D eigenvalue weighted by atomic mass is 9.77. The van der Waals surface area contributed by atoms with Crippen molar-refractivity contribution in [2.24, 2.45) is 0 Å². The number of para-hydroxylation sites is 1. The molecule has 0 saturated heterocycles. The first kappa shape index (κ1) is 29.9. The molecule has 0 fully saturated rings. The maximum atomic E-state index is 5.22. The van der Waals surface area contributed by atoms with Gasteiger partial charge in [0.05, 0.1) is 11.4 Å². The smallest absolute Gasteiger partial charge is 0.0715 e. The summed E-state index contributed by atoms with van der Waals surface area (Å²) in [5.74, 6) is 0. The monoisotopic (exact) mass is 640 g/mol. The van der Waals surface area contributed by atoms with Crippen molar-refractivity contribution >= 4 is 22.1 Å². The van der Waals surface area contributed by atoms with Crippen LogP contribution in [0, 0.1) is 0 Å². The molecule has 2 heterocycles. The van der Waals surface area contributed by atoms with Crippen LogP contribution < -0.4 is 5.32 Å². The molecule has 0 spiro atoms. The first-order valence-electron chi connectivity index (χ1n) is 17.3. The molecular weight excluding hydrogens is 605 g/mol. The normalized spacial score (nSPS) is 12.9. The summed E-state index contributed by atoms with van der Waals surface area (Å²) in [6.45, 7) is 4.64. The Bertz CT molecular complexity index is 2470. The minimum absolute atomic E-state index is 0.160. The van der Waals surface area contributed by atoms with Crippen LogP contribution in [0.25, 0.3) is 66.7 Å². The predicted octanol–water partition coefficient (Wildman–Crippen LogP) is 13.0. The molecule has 0 unspecified atom stereocenters. The predicted molar refractivity (Wildman–Crippen MR) is 211 cm³/mol. The summed E-state index contributed by atoms with van der Waals surface area (Å²) in [4.78, 5) is 5.22. The van der Waals surface area contributed by atoms with E-state index in [1.54, 1.807) is 0 Å². The Kier molecular flexibility index (Phi) is 7.17. The molecule has 7 aromatic carbocycles. The number of rotatable bonds is 4. The summed E-state index contributed by atoms with van der Waals surface area (Å²) < 4.78 is 0. The Balaban J connectivity index is 1.22. The second-order valence-electron chi connectivity index (χ2n) is 13.8. The highest BCUT2D eigenvalue weighted by Gasteiger charge is 2.25. The molecule has 2 heteroatoms. The van der Waals surface area contributed by atoms with E-state index in [0.717, 1.165) is 45.0 Å². The van der Waals surface area contributed by atoms with Gasteiger partial charge < -0.3 is 5.32 Å². The summed E-state index contributed by atoms with van der Waals surface area (Å²) in [7, 11) is 0. The summed E-state index contributed by atoms with van der Waals surface area (Å²) in [5, 5.41) is 6.24. The van der Waals surface area contributed by atoms with Crippen molar-refractivity contribution < 1.29 is 0 Å². The Morgan fingerprint density at radius 1 is 0.420 bits per heavy atom. The van der Waals surface area contributed by atoms with Gasteiger partial charge >= 0.3 is 0 Å². The van der Waals surface area contributed by atoms with Crippen LogP contribution >= 0.6 is 0 Å². The quantitative estimate of drug-likeness (QED) is 0.207. The van der Waals surface area contributed by atoms with Gasteiger partial charge in [0.2, 0.25) is 0 Å². The molecule has 0 amide bonds. The molecule has 2 nitrogen and oxygen atoms in total.